The van der Waals surface area contributed by atoms with Crippen molar-refractivity contribution in [3.63, 3.8) is 0 Å². The zero-order chi connectivity index (χ0) is 9.73. The van der Waals surface area contributed by atoms with Gasteiger partial charge in [-0.1, -0.05) is 6.92 Å². The van der Waals surface area contributed by atoms with Crippen molar-refractivity contribution in [2.45, 2.75) is 38.7 Å². The van der Waals surface area contributed by atoms with E-state index in [2.05, 4.69) is 10.2 Å². The summed E-state index contributed by atoms with van der Waals surface area (Å²) < 4.78 is 0. The van der Waals surface area contributed by atoms with E-state index in [1.54, 1.807) is 12.4 Å². The summed E-state index contributed by atoms with van der Waals surface area (Å²) in [4.78, 5) is 0. The van der Waals surface area contributed by atoms with Gasteiger partial charge in [-0.2, -0.15) is 10.2 Å². The fourth-order valence-corrected chi connectivity index (χ4v) is 0.855. The van der Waals surface area contributed by atoms with Gasteiger partial charge < -0.3 is 5.11 Å². The number of hydrogen-bond donors (Lipinski definition) is 1. The highest BCUT2D eigenvalue weighted by Gasteiger charge is 2.37. The zero-order valence-electron chi connectivity index (χ0n) is 8.20. The van der Waals surface area contributed by atoms with Gasteiger partial charge >= 0.3 is 0 Å². The molecular formula is C10H16N2O. The predicted molar refractivity (Wildman–Crippen MR) is 51.2 cm³/mol. The van der Waals surface area contributed by atoms with E-state index < -0.39 is 0 Å². The predicted octanol–water partition coefficient (Wildman–Crippen LogP) is 1.71. The van der Waals surface area contributed by atoms with Gasteiger partial charge in [0, 0.05) is 6.20 Å². The molecule has 1 aliphatic rings. The first-order valence-electron chi connectivity index (χ1n) is 4.62. The van der Waals surface area contributed by atoms with Gasteiger partial charge in [-0.25, -0.2) is 0 Å². The lowest BCUT2D eigenvalue weighted by Gasteiger charge is -1.96. The van der Waals surface area contributed by atoms with Crippen LogP contribution in [0.25, 0.3) is 0 Å². The number of aliphatic hydroxyl groups is 1. The van der Waals surface area contributed by atoms with Crippen LogP contribution in [-0.4, -0.2) is 20.9 Å². The molecule has 0 saturated heterocycles. The van der Waals surface area contributed by atoms with E-state index in [1.165, 1.54) is 0 Å². The van der Waals surface area contributed by atoms with Crippen molar-refractivity contribution in [1.29, 1.82) is 0 Å². The number of nitrogens with zero attached hydrogens (tertiary/aromatic N) is 2. The van der Waals surface area contributed by atoms with E-state index in [1.807, 2.05) is 19.9 Å². The summed E-state index contributed by atoms with van der Waals surface area (Å²) in [6.07, 6.45) is 6.40. The van der Waals surface area contributed by atoms with E-state index in [-0.39, 0.29) is 5.60 Å². The Bertz CT molecular complexity index is 244. The lowest BCUT2D eigenvalue weighted by Crippen LogP contribution is -2.01. The quantitative estimate of drug-likeness (QED) is 0.715. The highest BCUT2D eigenvalue weighted by molar-refractivity contribution is 5.00. The van der Waals surface area contributed by atoms with Gasteiger partial charge in [-0.3, -0.25) is 0 Å². The molecule has 1 aliphatic carbocycles. The molecule has 1 aromatic heterocycles. The molecule has 1 fully saturated rings. The summed E-state index contributed by atoms with van der Waals surface area (Å²) in [6, 6.07) is 1.91. The Balaban J connectivity index is 0.000000132. The van der Waals surface area contributed by atoms with Crippen LogP contribution in [-0.2, 0) is 0 Å². The van der Waals surface area contributed by atoms with Crippen molar-refractivity contribution in [2.75, 3.05) is 0 Å². The highest BCUT2D eigenvalue weighted by Crippen LogP contribution is 2.37. The van der Waals surface area contributed by atoms with Crippen LogP contribution >= 0.6 is 0 Å². The molecule has 13 heavy (non-hydrogen) atoms. The van der Waals surface area contributed by atoms with Crippen molar-refractivity contribution in [2.24, 2.45) is 0 Å². The van der Waals surface area contributed by atoms with Crippen LogP contribution in [0, 0.1) is 6.92 Å². The monoisotopic (exact) mass is 180 g/mol. The first kappa shape index (κ1) is 10.1. The average molecular weight is 180 g/mol. The van der Waals surface area contributed by atoms with Crippen LogP contribution in [0.5, 0.6) is 0 Å². The Morgan fingerprint density at radius 2 is 2.15 bits per heavy atom. The second-order valence-corrected chi connectivity index (χ2v) is 3.50. The van der Waals surface area contributed by atoms with E-state index in [9.17, 15) is 0 Å². The number of aryl methyl sites for hydroxylation is 1. The van der Waals surface area contributed by atoms with Gasteiger partial charge in [0.1, 0.15) is 0 Å². The third-order valence-electron chi connectivity index (χ3n) is 2.22. The van der Waals surface area contributed by atoms with Gasteiger partial charge in [0.2, 0.25) is 0 Å². The highest BCUT2D eigenvalue weighted by atomic mass is 16.3. The number of hydrogen-bond acceptors (Lipinski definition) is 3. The summed E-state index contributed by atoms with van der Waals surface area (Å²) in [7, 11) is 0. The second-order valence-electron chi connectivity index (χ2n) is 3.50. The van der Waals surface area contributed by atoms with Gasteiger partial charge in [0.15, 0.2) is 0 Å². The van der Waals surface area contributed by atoms with E-state index in [0.717, 1.165) is 24.8 Å². The molecule has 1 saturated carbocycles. The van der Waals surface area contributed by atoms with Crippen LogP contribution in [0.15, 0.2) is 18.5 Å². The van der Waals surface area contributed by atoms with Crippen LogP contribution in [0.4, 0.5) is 0 Å². The van der Waals surface area contributed by atoms with Gasteiger partial charge in [0.25, 0.3) is 0 Å². The molecule has 72 valence electrons. The average Bonchev–Trinajstić information content (AvgIpc) is 2.87. The minimum atomic E-state index is -0.208. The van der Waals surface area contributed by atoms with Gasteiger partial charge in [-0.05, 0) is 37.8 Å². The molecule has 0 amide bonds. The van der Waals surface area contributed by atoms with Crippen LogP contribution < -0.4 is 0 Å². The Morgan fingerprint density at radius 1 is 1.46 bits per heavy atom. The molecule has 1 aromatic rings. The van der Waals surface area contributed by atoms with Crippen LogP contribution in [0.3, 0.4) is 0 Å². The molecule has 2 rings (SSSR count). The normalized spacial score (nSPS) is 17.2. The summed E-state index contributed by atoms with van der Waals surface area (Å²) >= 11 is 0. The fraction of sp³-hybridized carbons (Fsp3) is 0.600. The first-order valence-corrected chi connectivity index (χ1v) is 4.62. The standard InChI is InChI=1S/C5H6N2.C5H10O/c1-5-2-3-6-7-4-5;1-2-5(6)3-4-5/h2-4H,1H3;6H,2-4H2,1H3. The Kier molecular flexibility index (Phi) is 3.37. The van der Waals surface area contributed by atoms with Gasteiger partial charge in [-0.15, -0.1) is 0 Å². The zero-order valence-corrected chi connectivity index (χ0v) is 8.20. The Hall–Kier alpha value is -0.960. The second kappa shape index (κ2) is 4.33. The Morgan fingerprint density at radius 3 is 2.31 bits per heavy atom. The molecule has 1 heterocycles. The molecule has 0 radical (unpaired) electrons. The molecule has 0 bridgehead atoms. The Labute approximate surface area is 78.8 Å². The maximum atomic E-state index is 8.94. The van der Waals surface area contributed by atoms with Crippen molar-refractivity contribution in [3.05, 3.63) is 24.0 Å². The van der Waals surface area contributed by atoms with E-state index in [4.69, 9.17) is 5.11 Å². The summed E-state index contributed by atoms with van der Waals surface area (Å²) in [5.74, 6) is 0. The maximum Gasteiger partial charge on any atom is 0.0647 e. The van der Waals surface area contributed by atoms with Crippen molar-refractivity contribution in [3.8, 4) is 0 Å². The van der Waals surface area contributed by atoms with E-state index in [0.29, 0.717) is 0 Å². The van der Waals surface area contributed by atoms with Gasteiger partial charge in [0.05, 0.1) is 11.8 Å². The SMILES string of the molecule is CCC1(O)CC1.Cc1ccnnc1. The van der Waals surface area contributed by atoms with Crippen molar-refractivity contribution >= 4 is 0 Å². The topological polar surface area (TPSA) is 46.0 Å². The molecule has 0 spiro atoms. The lowest BCUT2D eigenvalue weighted by atomic mass is 10.3. The fourth-order valence-electron chi connectivity index (χ4n) is 0.855. The van der Waals surface area contributed by atoms with Crippen LogP contribution in [0.2, 0.25) is 0 Å². The minimum Gasteiger partial charge on any atom is -0.390 e. The smallest absolute Gasteiger partial charge is 0.0647 e. The number of aromatic nitrogens is 2. The molecule has 0 atom stereocenters. The molecular weight excluding hydrogens is 164 g/mol. The molecule has 0 aliphatic heterocycles. The molecule has 0 aromatic carbocycles. The van der Waals surface area contributed by atoms with E-state index >= 15 is 0 Å². The summed E-state index contributed by atoms with van der Waals surface area (Å²) in [6.45, 7) is 4.00. The lowest BCUT2D eigenvalue weighted by molar-refractivity contribution is 0.146. The molecule has 1 N–H and O–H groups in total. The largest absolute Gasteiger partial charge is 0.390 e. The molecule has 3 nitrogen and oxygen atoms in total. The first-order chi connectivity index (χ1) is 6.16. The molecule has 3 heteroatoms. The van der Waals surface area contributed by atoms with Crippen molar-refractivity contribution < 1.29 is 5.11 Å². The third kappa shape index (κ3) is 3.99. The summed E-state index contributed by atoms with van der Waals surface area (Å²) in [5.41, 5.74) is 0.940. The summed E-state index contributed by atoms with van der Waals surface area (Å²) in [5, 5.41) is 16.2. The van der Waals surface area contributed by atoms with Crippen LogP contribution in [0.1, 0.15) is 31.7 Å². The number of rotatable bonds is 1. The minimum absolute atomic E-state index is 0.208. The van der Waals surface area contributed by atoms with Crippen molar-refractivity contribution in [1.82, 2.24) is 10.2 Å². The third-order valence-corrected chi connectivity index (χ3v) is 2.22. The maximum absolute atomic E-state index is 8.94. The molecule has 0 unspecified atom stereocenters.